The smallest absolute Gasteiger partial charge is 0.148 e. The minimum atomic E-state index is 0.859. The zero-order valence-electron chi connectivity index (χ0n) is 20.0. The Kier molecular flexibility index (Phi) is 5.05. The van der Waals surface area contributed by atoms with E-state index in [1.54, 1.807) is 0 Å². The van der Waals surface area contributed by atoms with Crippen molar-refractivity contribution in [3.8, 4) is 22.4 Å². The third-order valence-electron chi connectivity index (χ3n) is 6.92. The molecule has 0 atom stereocenters. The van der Waals surface area contributed by atoms with Crippen LogP contribution in [0.5, 0.6) is 0 Å². The van der Waals surface area contributed by atoms with Crippen LogP contribution in [0.4, 0.5) is 0 Å². The maximum Gasteiger partial charge on any atom is 0.148 e. The van der Waals surface area contributed by atoms with E-state index in [-0.39, 0.29) is 0 Å². The molecule has 0 aliphatic carbocycles. The Hall–Kier alpha value is -4.39. The molecule has 5 aromatic rings. The van der Waals surface area contributed by atoms with Crippen LogP contribution in [-0.4, -0.2) is 52.2 Å². The van der Waals surface area contributed by atoms with Gasteiger partial charge in [-0.1, -0.05) is 36.4 Å². The molecule has 0 saturated heterocycles. The first kappa shape index (κ1) is 20.9. The van der Waals surface area contributed by atoms with Gasteiger partial charge in [-0.25, -0.2) is 4.98 Å². The van der Waals surface area contributed by atoms with E-state index in [1.807, 2.05) is 6.20 Å². The zero-order chi connectivity index (χ0) is 23.9. The molecule has 2 aliphatic heterocycles. The van der Waals surface area contributed by atoms with Crippen LogP contribution < -0.4 is 10.6 Å². The number of pyridine rings is 1. The van der Waals surface area contributed by atoms with Crippen molar-refractivity contribution in [1.82, 2.24) is 25.0 Å². The monoisotopic (exact) mass is 473 g/mol. The molecule has 3 N–H and O–H groups in total. The van der Waals surface area contributed by atoms with Crippen molar-refractivity contribution in [2.45, 2.75) is 12.8 Å². The molecule has 0 fully saturated rings. The highest BCUT2D eigenvalue weighted by Gasteiger charge is 2.13. The Morgan fingerprint density at radius 1 is 0.694 bits per heavy atom. The van der Waals surface area contributed by atoms with Gasteiger partial charge < -0.3 is 20.0 Å². The minimum absolute atomic E-state index is 0.859. The Morgan fingerprint density at radius 3 is 2.22 bits per heavy atom. The highest BCUT2D eigenvalue weighted by atomic mass is 15.1. The van der Waals surface area contributed by atoms with Crippen molar-refractivity contribution >= 4 is 28.2 Å². The standard InChI is InChI=1S/C29H27N7/c1-10-30-28(31-11-1)23-8-7-22-15-24(34-25(22)16-23)20-5-3-19(4-6-20)21-9-14-36-18-26(35-27(36)17-21)29-32-12-2-13-33-29/h3-9,14-18,34H,1-2,10-13H2,(H,30,31)(H,32,33). The van der Waals surface area contributed by atoms with E-state index in [4.69, 9.17) is 4.98 Å². The molecule has 0 radical (unpaired) electrons. The SMILES string of the molecule is c1cc2cc(-c3ccc(-c4ccn5cc(C6=NCCCN6)nc5c4)cc3)[nH]c2cc1C1=NCCCN1. The van der Waals surface area contributed by atoms with E-state index in [9.17, 15) is 0 Å². The molecular formula is C29H27N7. The van der Waals surface area contributed by atoms with Gasteiger partial charge in [-0.3, -0.25) is 9.98 Å². The Balaban J connectivity index is 1.16. The molecule has 7 rings (SSSR count). The summed E-state index contributed by atoms with van der Waals surface area (Å²) in [5.74, 6) is 1.89. The lowest BCUT2D eigenvalue weighted by atomic mass is 10.0. The summed E-state index contributed by atoms with van der Waals surface area (Å²) in [5, 5.41) is 7.97. The highest BCUT2D eigenvalue weighted by Crippen LogP contribution is 2.28. The molecule has 2 aliphatic rings. The first-order valence-corrected chi connectivity index (χ1v) is 12.6. The second kappa shape index (κ2) is 8.68. The van der Waals surface area contributed by atoms with Crippen LogP contribution in [0.15, 0.2) is 83.0 Å². The third-order valence-corrected chi connectivity index (χ3v) is 6.92. The first-order valence-electron chi connectivity index (χ1n) is 12.6. The summed E-state index contributed by atoms with van der Waals surface area (Å²) in [4.78, 5) is 17.6. The number of hydrogen-bond acceptors (Lipinski definition) is 5. The normalized spacial score (nSPS) is 15.9. The second-order valence-corrected chi connectivity index (χ2v) is 9.39. The van der Waals surface area contributed by atoms with E-state index >= 15 is 0 Å². The van der Waals surface area contributed by atoms with Crippen LogP contribution in [0.25, 0.3) is 38.9 Å². The molecule has 0 unspecified atom stereocenters. The molecule has 0 saturated carbocycles. The third kappa shape index (κ3) is 3.82. The molecule has 2 aromatic carbocycles. The molecule has 5 heterocycles. The molecule has 7 heteroatoms. The molecule has 3 aromatic heterocycles. The van der Waals surface area contributed by atoms with Gasteiger partial charge in [0, 0.05) is 60.7 Å². The number of H-pyrrole nitrogens is 1. The average Bonchev–Trinajstić information content (AvgIpc) is 3.58. The number of imidazole rings is 1. The summed E-state index contributed by atoms with van der Waals surface area (Å²) in [6, 6.07) is 21.7. The number of nitrogens with one attached hydrogen (secondary N) is 3. The van der Waals surface area contributed by atoms with Crippen molar-refractivity contribution in [3.63, 3.8) is 0 Å². The van der Waals surface area contributed by atoms with Gasteiger partial charge in [0.25, 0.3) is 0 Å². The largest absolute Gasteiger partial charge is 0.370 e. The van der Waals surface area contributed by atoms with Crippen LogP contribution in [0.2, 0.25) is 0 Å². The summed E-state index contributed by atoms with van der Waals surface area (Å²) in [6.45, 7) is 3.69. The summed E-state index contributed by atoms with van der Waals surface area (Å²) in [5.41, 5.74) is 8.66. The number of aromatic amines is 1. The van der Waals surface area contributed by atoms with Crippen molar-refractivity contribution in [1.29, 1.82) is 0 Å². The fourth-order valence-electron chi connectivity index (χ4n) is 4.98. The molecular weight excluding hydrogens is 446 g/mol. The second-order valence-electron chi connectivity index (χ2n) is 9.39. The topological polar surface area (TPSA) is 81.9 Å². The maximum absolute atomic E-state index is 4.80. The summed E-state index contributed by atoms with van der Waals surface area (Å²) >= 11 is 0. The molecule has 178 valence electrons. The van der Waals surface area contributed by atoms with Gasteiger partial charge in [0.2, 0.25) is 0 Å². The lowest BCUT2D eigenvalue weighted by molar-refractivity contribution is 0.741. The fraction of sp³-hybridized carbons (Fsp3) is 0.207. The van der Waals surface area contributed by atoms with Gasteiger partial charge in [-0.2, -0.15) is 0 Å². The van der Waals surface area contributed by atoms with E-state index < -0.39 is 0 Å². The molecule has 36 heavy (non-hydrogen) atoms. The molecule has 0 amide bonds. The number of amidine groups is 2. The van der Waals surface area contributed by atoms with Crippen LogP contribution in [-0.2, 0) is 0 Å². The lowest BCUT2D eigenvalue weighted by Gasteiger charge is -2.14. The van der Waals surface area contributed by atoms with Gasteiger partial charge in [-0.05, 0) is 53.8 Å². The number of aromatic nitrogens is 3. The van der Waals surface area contributed by atoms with Crippen molar-refractivity contribution in [3.05, 3.63) is 84.3 Å². The van der Waals surface area contributed by atoms with Gasteiger partial charge in [-0.15, -0.1) is 0 Å². The minimum Gasteiger partial charge on any atom is -0.370 e. The van der Waals surface area contributed by atoms with Crippen LogP contribution in [0.1, 0.15) is 24.1 Å². The lowest BCUT2D eigenvalue weighted by Crippen LogP contribution is -2.30. The van der Waals surface area contributed by atoms with E-state index in [2.05, 4.69) is 96.9 Å². The number of benzene rings is 2. The van der Waals surface area contributed by atoms with Crippen molar-refractivity contribution < 1.29 is 0 Å². The number of nitrogens with zero attached hydrogens (tertiary/aromatic N) is 4. The number of hydrogen-bond donors (Lipinski definition) is 3. The first-order chi connectivity index (χ1) is 17.8. The quantitative estimate of drug-likeness (QED) is 0.356. The Bertz CT molecular complexity index is 1590. The van der Waals surface area contributed by atoms with Crippen molar-refractivity contribution in [2.24, 2.45) is 9.98 Å². The van der Waals surface area contributed by atoms with Gasteiger partial charge in [0.15, 0.2) is 0 Å². The van der Waals surface area contributed by atoms with Gasteiger partial charge >= 0.3 is 0 Å². The average molecular weight is 474 g/mol. The fourth-order valence-corrected chi connectivity index (χ4v) is 4.98. The number of aliphatic imine (C=N–C) groups is 2. The maximum atomic E-state index is 4.80. The van der Waals surface area contributed by atoms with E-state index in [1.165, 1.54) is 10.9 Å². The Morgan fingerprint density at radius 2 is 1.44 bits per heavy atom. The number of rotatable bonds is 4. The zero-order valence-corrected chi connectivity index (χ0v) is 20.0. The van der Waals surface area contributed by atoms with Crippen LogP contribution in [0, 0.1) is 0 Å². The van der Waals surface area contributed by atoms with E-state index in [0.717, 1.165) is 89.9 Å². The van der Waals surface area contributed by atoms with Crippen molar-refractivity contribution in [2.75, 3.05) is 26.2 Å². The number of fused-ring (bicyclic) bond motifs is 2. The molecule has 0 bridgehead atoms. The highest BCUT2D eigenvalue weighted by molar-refractivity contribution is 6.02. The molecule has 0 spiro atoms. The predicted molar refractivity (Wildman–Crippen MR) is 146 cm³/mol. The Labute approximate surface area is 209 Å². The van der Waals surface area contributed by atoms with E-state index in [0.29, 0.717) is 0 Å². The summed E-state index contributed by atoms with van der Waals surface area (Å²) in [6.07, 6.45) is 6.28. The van der Waals surface area contributed by atoms with Gasteiger partial charge in [0.1, 0.15) is 23.0 Å². The summed E-state index contributed by atoms with van der Waals surface area (Å²) in [7, 11) is 0. The molecule has 7 nitrogen and oxygen atoms in total. The van der Waals surface area contributed by atoms with Crippen LogP contribution >= 0.6 is 0 Å². The van der Waals surface area contributed by atoms with Gasteiger partial charge in [0.05, 0.1) is 0 Å². The summed E-state index contributed by atoms with van der Waals surface area (Å²) < 4.78 is 2.05. The van der Waals surface area contributed by atoms with Crippen LogP contribution in [0.3, 0.4) is 0 Å². The predicted octanol–water partition coefficient (Wildman–Crippen LogP) is 4.63.